The smallest absolute Gasteiger partial charge is 0.410 e. The zero-order valence-corrected chi connectivity index (χ0v) is 14.4. The van der Waals surface area contributed by atoms with E-state index in [1.54, 1.807) is 0 Å². The van der Waals surface area contributed by atoms with Crippen LogP contribution in [0.2, 0.25) is 0 Å². The molecule has 2 fully saturated rings. The van der Waals surface area contributed by atoms with Crippen LogP contribution in [0, 0.1) is 0 Å². The van der Waals surface area contributed by atoms with Crippen LogP contribution in [0.3, 0.4) is 0 Å². The number of rotatable bonds is 2. The van der Waals surface area contributed by atoms with Crippen LogP contribution in [0.25, 0.3) is 0 Å². The molecule has 3 heterocycles. The van der Waals surface area contributed by atoms with Crippen LogP contribution in [-0.2, 0) is 4.74 Å². The number of anilines is 1. The van der Waals surface area contributed by atoms with E-state index < -0.39 is 5.60 Å². The first-order valence-corrected chi connectivity index (χ1v) is 8.64. The fourth-order valence-electron chi connectivity index (χ4n) is 3.38. The van der Waals surface area contributed by atoms with E-state index in [-0.39, 0.29) is 12.1 Å². The summed E-state index contributed by atoms with van der Waals surface area (Å²) in [5.74, 6) is 1.05. The summed E-state index contributed by atoms with van der Waals surface area (Å²) in [6.45, 7) is 8.67. The van der Waals surface area contributed by atoms with Gasteiger partial charge in [-0.1, -0.05) is 6.07 Å². The van der Waals surface area contributed by atoms with E-state index in [9.17, 15) is 4.79 Å². The maximum atomic E-state index is 12.4. The molecule has 0 unspecified atom stereocenters. The summed E-state index contributed by atoms with van der Waals surface area (Å²) >= 11 is 0. The van der Waals surface area contributed by atoms with Crippen LogP contribution in [0.4, 0.5) is 10.6 Å². The van der Waals surface area contributed by atoms with Crippen LogP contribution < -0.4 is 4.90 Å². The molecule has 0 N–H and O–H groups in total. The number of hydrogen-bond acceptors (Lipinski definition) is 4. The Morgan fingerprint density at radius 3 is 2.52 bits per heavy atom. The van der Waals surface area contributed by atoms with Gasteiger partial charge in [0.25, 0.3) is 0 Å². The molecule has 1 atom stereocenters. The first kappa shape index (κ1) is 16.1. The monoisotopic (exact) mass is 317 g/mol. The van der Waals surface area contributed by atoms with Crippen LogP contribution in [-0.4, -0.2) is 41.2 Å². The number of ether oxygens (including phenoxy) is 1. The highest BCUT2D eigenvalue weighted by Crippen LogP contribution is 2.33. The van der Waals surface area contributed by atoms with Crippen LogP contribution >= 0.6 is 0 Å². The van der Waals surface area contributed by atoms with Gasteiger partial charge >= 0.3 is 6.09 Å². The second kappa shape index (κ2) is 6.38. The summed E-state index contributed by atoms with van der Waals surface area (Å²) in [7, 11) is 0. The molecule has 0 aromatic carbocycles. The average Bonchev–Trinajstić information content (AvgIpc) is 3.17. The molecule has 0 saturated carbocycles. The standard InChI is InChI=1S/C18H27N3O2/c1-18(2,3)23-17(22)21-12-6-7-15(21)14-8-9-16(19-13-14)20-10-4-5-11-20/h8-9,13,15H,4-7,10-12H2,1-3H3/t15-/m0/s1. The van der Waals surface area contributed by atoms with E-state index in [1.807, 2.05) is 31.9 Å². The normalized spacial score (nSPS) is 21.8. The zero-order chi connectivity index (χ0) is 16.4. The highest BCUT2D eigenvalue weighted by atomic mass is 16.6. The number of carbonyl (C=O) groups excluding carboxylic acids is 1. The Kier molecular flexibility index (Phi) is 4.46. The molecular formula is C18H27N3O2. The predicted molar refractivity (Wildman–Crippen MR) is 90.6 cm³/mol. The van der Waals surface area contributed by atoms with E-state index in [2.05, 4.69) is 22.0 Å². The Hall–Kier alpha value is -1.78. The lowest BCUT2D eigenvalue weighted by atomic mass is 10.1. The van der Waals surface area contributed by atoms with Crippen molar-refractivity contribution in [2.45, 2.75) is 58.1 Å². The van der Waals surface area contributed by atoms with Crippen molar-refractivity contribution in [3.63, 3.8) is 0 Å². The highest BCUT2D eigenvalue weighted by Gasteiger charge is 2.33. The van der Waals surface area contributed by atoms with Crippen LogP contribution in [0.15, 0.2) is 18.3 Å². The van der Waals surface area contributed by atoms with Gasteiger partial charge < -0.3 is 14.5 Å². The molecule has 5 heteroatoms. The second-order valence-corrected chi connectivity index (χ2v) is 7.48. The molecule has 1 amide bonds. The van der Waals surface area contributed by atoms with Gasteiger partial charge in [0.1, 0.15) is 11.4 Å². The number of aromatic nitrogens is 1. The molecule has 0 spiro atoms. The topological polar surface area (TPSA) is 45.7 Å². The summed E-state index contributed by atoms with van der Waals surface area (Å²) < 4.78 is 5.54. The molecule has 0 radical (unpaired) electrons. The maximum absolute atomic E-state index is 12.4. The van der Waals surface area contributed by atoms with Gasteiger partial charge in [-0.25, -0.2) is 9.78 Å². The summed E-state index contributed by atoms with van der Waals surface area (Å²) in [6, 6.07) is 4.30. The SMILES string of the molecule is CC(C)(C)OC(=O)N1CCC[C@H]1c1ccc(N2CCCC2)nc1. The largest absolute Gasteiger partial charge is 0.444 e. The average molecular weight is 317 g/mol. The summed E-state index contributed by atoms with van der Waals surface area (Å²) in [4.78, 5) is 21.2. The number of carbonyl (C=O) groups is 1. The molecule has 0 aliphatic carbocycles. The lowest BCUT2D eigenvalue weighted by molar-refractivity contribution is 0.0224. The van der Waals surface area contributed by atoms with Crippen molar-refractivity contribution >= 4 is 11.9 Å². The minimum Gasteiger partial charge on any atom is -0.444 e. The van der Waals surface area contributed by atoms with Crippen molar-refractivity contribution in [1.29, 1.82) is 0 Å². The molecule has 126 valence electrons. The van der Waals surface area contributed by atoms with E-state index in [4.69, 9.17) is 4.74 Å². The van der Waals surface area contributed by atoms with Crippen molar-refractivity contribution in [3.8, 4) is 0 Å². The molecule has 1 aromatic rings. The summed E-state index contributed by atoms with van der Waals surface area (Å²) in [5.41, 5.74) is 0.651. The minimum atomic E-state index is -0.456. The number of pyridine rings is 1. The fourth-order valence-corrected chi connectivity index (χ4v) is 3.38. The van der Waals surface area contributed by atoms with E-state index in [1.165, 1.54) is 12.8 Å². The Balaban J connectivity index is 1.70. The number of hydrogen-bond donors (Lipinski definition) is 0. The molecule has 0 bridgehead atoms. The van der Waals surface area contributed by atoms with Crippen molar-refractivity contribution in [2.75, 3.05) is 24.5 Å². The molecule has 3 rings (SSSR count). The summed E-state index contributed by atoms with van der Waals surface area (Å²) in [6.07, 6.45) is 6.20. The third-order valence-electron chi connectivity index (χ3n) is 4.47. The second-order valence-electron chi connectivity index (χ2n) is 7.48. The van der Waals surface area contributed by atoms with Crippen molar-refractivity contribution in [1.82, 2.24) is 9.88 Å². The number of amides is 1. The van der Waals surface area contributed by atoms with E-state index >= 15 is 0 Å². The molecule has 23 heavy (non-hydrogen) atoms. The Bertz CT molecular complexity index is 544. The lowest BCUT2D eigenvalue weighted by Crippen LogP contribution is -2.36. The highest BCUT2D eigenvalue weighted by molar-refractivity contribution is 5.69. The van der Waals surface area contributed by atoms with Gasteiger partial charge in [0.15, 0.2) is 0 Å². The minimum absolute atomic E-state index is 0.0879. The van der Waals surface area contributed by atoms with Crippen LogP contribution in [0.1, 0.15) is 58.1 Å². The molecule has 5 nitrogen and oxygen atoms in total. The third kappa shape index (κ3) is 3.77. The Morgan fingerprint density at radius 2 is 1.91 bits per heavy atom. The van der Waals surface area contributed by atoms with Gasteiger partial charge in [-0.05, 0) is 58.1 Å². The molecule has 2 aliphatic rings. The van der Waals surface area contributed by atoms with E-state index in [0.29, 0.717) is 0 Å². The van der Waals surface area contributed by atoms with Gasteiger partial charge in [0.05, 0.1) is 6.04 Å². The number of nitrogens with zero attached hydrogens (tertiary/aromatic N) is 3. The van der Waals surface area contributed by atoms with Crippen molar-refractivity contribution < 1.29 is 9.53 Å². The van der Waals surface area contributed by atoms with E-state index in [0.717, 1.165) is 43.9 Å². The maximum Gasteiger partial charge on any atom is 0.410 e. The van der Waals surface area contributed by atoms with Crippen LogP contribution in [0.5, 0.6) is 0 Å². The Morgan fingerprint density at radius 1 is 1.17 bits per heavy atom. The lowest BCUT2D eigenvalue weighted by Gasteiger charge is -2.29. The van der Waals surface area contributed by atoms with Crippen molar-refractivity contribution in [2.24, 2.45) is 0 Å². The quantitative estimate of drug-likeness (QED) is 0.833. The molecule has 2 saturated heterocycles. The predicted octanol–water partition coefficient (Wildman–Crippen LogP) is 3.75. The van der Waals surface area contributed by atoms with Gasteiger partial charge in [-0.2, -0.15) is 0 Å². The molecule has 2 aliphatic heterocycles. The van der Waals surface area contributed by atoms with Gasteiger partial charge in [-0.15, -0.1) is 0 Å². The third-order valence-corrected chi connectivity index (χ3v) is 4.47. The Labute approximate surface area is 138 Å². The molecule has 1 aromatic heterocycles. The zero-order valence-electron chi connectivity index (χ0n) is 14.4. The first-order chi connectivity index (χ1) is 10.9. The molecular weight excluding hydrogens is 290 g/mol. The first-order valence-electron chi connectivity index (χ1n) is 8.64. The van der Waals surface area contributed by atoms with Gasteiger partial charge in [0, 0.05) is 25.8 Å². The fraction of sp³-hybridized carbons (Fsp3) is 0.667. The van der Waals surface area contributed by atoms with Crippen molar-refractivity contribution in [3.05, 3.63) is 23.9 Å². The number of likely N-dealkylation sites (tertiary alicyclic amines) is 1. The van der Waals surface area contributed by atoms with Gasteiger partial charge in [-0.3, -0.25) is 0 Å². The summed E-state index contributed by atoms with van der Waals surface area (Å²) in [5, 5.41) is 0. The van der Waals surface area contributed by atoms with Gasteiger partial charge in [0.2, 0.25) is 0 Å².